The van der Waals surface area contributed by atoms with Gasteiger partial charge in [-0.15, -0.1) is 0 Å². The predicted octanol–water partition coefficient (Wildman–Crippen LogP) is 3.86. The van der Waals surface area contributed by atoms with Gasteiger partial charge >= 0.3 is 0 Å². The van der Waals surface area contributed by atoms with Crippen LogP contribution in [0.1, 0.15) is 31.7 Å². The summed E-state index contributed by atoms with van der Waals surface area (Å²) in [5.74, 6) is 0. The second-order valence-electron chi connectivity index (χ2n) is 4.99. The van der Waals surface area contributed by atoms with E-state index in [1.165, 1.54) is 6.07 Å². The van der Waals surface area contributed by atoms with Crippen LogP contribution in [0.3, 0.4) is 0 Å². The average molecular weight is 322 g/mol. The third-order valence-electron chi connectivity index (χ3n) is 3.55. The minimum Gasteiger partial charge on any atom is -0.207 e. The summed E-state index contributed by atoms with van der Waals surface area (Å²) in [5, 5.41) is 0.653. The molecule has 0 amide bonds. The zero-order valence-corrected chi connectivity index (χ0v) is 13.3. The Morgan fingerprint density at radius 3 is 2.47 bits per heavy atom. The maximum atomic E-state index is 12.7. The van der Waals surface area contributed by atoms with Crippen LogP contribution < -0.4 is 0 Å². The molecule has 1 aliphatic heterocycles. The maximum absolute atomic E-state index is 12.7. The number of sulfonamides is 1. The number of rotatable bonds is 2. The van der Waals surface area contributed by atoms with E-state index in [-0.39, 0.29) is 16.0 Å². The van der Waals surface area contributed by atoms with Crippen molar-refractivity contribution in [3.8, 4) is 0 Å². The molecule has 1 atom stereocenters. The van der Waals surface area contributed by atoms with Gasteiger partial charge in [0.25, 0.3) is 0 Å². The molecule has 0 saturated carbocycles. The fourth-order valence-corrected chi connectivity index (χ4v) is 4.84. The van der Waals surface area contributed by atoms with E-state index in [4.69, 9.17) is 23.2 Å². The molecule has 6 heteroatoms. The van der Waals surface area contributed by atoms with Crippen molar-refractivity contribution in [1.82, 2.24) is 4.31 Å². The molecule has 1 aromatic carbocycles. The molecule has 1 saturated heterocycles. The molecule has 1 fully saturated rings. The third kappa shape index (κ3) is 2.92. The molecule has 0 unspecified atom stereocenters. The van der Waals surface area contributed by atoms with Gasteiger partial charge in [0.05, 0.1) is 14.9 Å². The topological polar surface area (TPSA) is 37.4 Å². The molecular formula is C13H17Cl2NO2S. The van der Waals surface area contributed by atoms with Crippen molar-refractivity contribution in [3.63, 3.8) is 0 Å². The number of piperidine rings is 1. The minimum absolute atomic E-state index is 0.0348. The van der Waals surface area contributed by atoms with Gasteiger partial charge in [0.2, 0.25) is 10.0 Å². The van der Waals surface area contributed by atoms with Gasteiger partial charge in [0.15, 0.2) is 0 Å². The Bertz CT molecular complexity index is 587. The van der Waals surface area contributed by atoms with E-state index in [2.05, 4.69) is 0 Å². The lowest BCUT2D eigenvalue weighted by Crippen LogP contribution is -2.42. The van der Waals surface area contributed by atoms with Crippen LogP contribution in [0.25, 0.3) is 0 Å². The fraction of sp³-hybridized carbons (Fsp3) is 0.538. The van der Waals surface area contributed by atoms with Crippen molar-refractivity contribution in [2.75, 3.05) is 6.54 Å². The Morgan fingerprint density at radius 1 is 1.21 bits per heavy atom. The highest BCUT2D eigenvalue weighted by molar-refractivity contribution is 7.89. The van der Waals surface area contributed by atoms with Crippen LogP contribution in [0.4, 0.5) is 0 Å². The van der Waals surface area contributed by atoms with Gasteiger partial charge in [0.1, 0.15) is 0 Å². The number of hydrogen-bond acceptors (Lipinski definition) is 2. The third-order valence-corrected chi connectivity index (χ3v) is 6.42. The summed E-state index contributed by atoms with van der Waals surface area (Å²) in [5.41, 5.74) is 0.632. The van der Waals surface area contributed by atoms with E-state index >= 15 is 0 Å². The van der Waals surface area contributed by atoms with Gasteiger partial charge in [-0.2, -0.15) is 4.31 Å². The van der Waals surface area contributed by atoms with Gasteiger partial charge < -0.3 is 0 Å². The quantitative estimate of drug-likeness (QED) is 0.829. The van der Waals surface area contributed by atoms with Crippen LogP contribution in [0, 0.1) is 6.92 Å². The summed E-state index contributed by atoms with van der Waals surface area (Å²) in [6, 6.07) is 3.09. The van der Waals surface area contributed by atoms with E-state index < -0.39 is 10.0 Å². The molecule has 3 nitrogen and oxygen atoms in total. The Kier molecular flexibility index (Phi) is 4.45. The lowest BCUT2D eigenvalue weighted by Gasteiger charge is -2.32. The fourth-order valence-electron chi connectivity index (χ4n) is 2.46. The van der Waals surface area contributed by atoms with Gasteiger partial charge in [0, 0.05) is 12.6 Å². The van der Waals surface area contributed by atoms with E-state index in [1.54, 1.807) is 17.3 Å². The largest absolute Gasteiger partial charge is 0.243 e. The van der Waals surface area contributed by atoms with Crippen molar-refractivity contribution in [2.24, 2.45) is 0 Å². The number of hydrogen-bond donors (Lipinski definition) is 0. The molecular weight excluding hydrogens is 305 g/mol. The molecule has 1 aromatic rings. The molecule has 0 N–H and O–H groups in total. The van der Waals surface area contributed by atoms with Crippen molar-refractivity contribution >= 4 is 33.2 Å². The highest BCUT2D eigenvalue weighted by Crippen LogP contribution is 2.32. The first-order valence-electron chi connectivity index (χ1n) is 6.31. The molecule has 0 aromatic heterocycles. The molecule has 19 heavy (non-hydrogen) atoms. The second kappa shape index (κ2) is 5.60. The lowest BCUT2D eigenvalue weighted by molar-refractivity contribution is 0.268. The van der Waals surface area contributed by atoms with Crippen molar-refractivity contribution in [2.45, 2.75) is 44.0 Å². The molecule has 2 rings (SSSR count). The zero-order valence-electron chi connectivity index (χ0n) is 11.0. The van der Waals surface area contributed by atoms with Crippen LogP contribution in [-0.2, 0) is 10.0 Å². The Labute approximate surface area is 124 Å². The standard InChI is InChI=1S/C13H17Cl2NO2S/c1-9-7-11(14)12(15)8-13(9)19(17,18)16-6-4-3-5-10(16)2/h7-8,10H,3-6H2,1-2H3/t10-/m1/s1. The van der Waals surface area contributed by atoms with Gasteiger partial charge in [-0.25, -0.2) is 8.42 Å². The van der Waals surface area contributed by atoms with E-state index in [1.807, 2.05) is 6.92 Å². The SMILES string of the molecule is Cc1cc(Cl)c(Cl)cc1S(=O)(=O)N1CCCC[C@H]1C. The van der Waals surface area contributed by atoms with E-state index in [0.717, 1.165) is 19.3 Å². The van der Waals surface area contributed by atoms with E-state index in [0.29, 0.717) is 17.1 Å². The average Bonchev–Trinajstić information content (AvgIpc) is 2.34. The highest BCUT2D eigenvalue weighted by atomic mass is 35.5. The molecule has 0 aliphatic carbocycles. The zero-order chi connectivity index (χ0) is 14.2. The van der Waals surface area contributed by atoms with Gasteiger partial charge in [-0.3, -0.25) is 0 Å². The van der Waals surface area contributed by atoms with Gasteiger partial charge in [-0.05, 0) is 44.4 Å². The van der Waals surface area contributed by atoms with Crippen molar-refractivity contribution < 1.29 is 8.42 Å². The lowest BCUT2D eigenvalue weighted by atomic mass is 10.1. The normalized spacial score (nSPS) is 21.6. The smallest absolute Gasteiger partial charge is 0.207 e. The number of aryl methyl sites for hydroxylation is 1. The van der Waals surface area contributed by atoms with Gasteiger partial charge in [-0.1, -0.05) is 29.6 Å². The van der Waals surface area contributed by atoms with Crippen molar-refractivity contribution in [1.29, 1.82) is 0 Å². The first-order valence-corrected chi connectivity index (χ1v) is 8.51. The molecule has 1 aliphatic rings. The van der Waals surface area contributed by atoms with E-state index in [9.17, 15) is 8.42 Å². The van der Waals surface area contributed by atoms with Crippen LogP contribution in [0.5, 0.6) is 0 Å². The molecule has 1 heterocycles. The summed E-state index contributed by atoms with van der Waals surface area (Å²) < 4.78 is 27.0. The second-order valence-corrected chi connectivity index (χ2v) is 7.67. The molecule has 0 bridgehead atoms. The first kappa shape index (κ1) is 15.1. The monoisotopic (exact) mass is 321 g/mol. The Balaban J connectivity index is 2.47. The first-order chi connectivity index (χ1) is 8.84. The molecule has 0 radical (unpaired) electrons. The van der Waals surface area contributed by atoms with Crippen LogP contribution >= 0.6 is 23.2 Å². The molecule has 0 spiro atoms. The summed E-state index contributed by atoms with van der Waals surface area (Å²) in [6.45, 7) is 4.26. The summed E-state index contributed by atoms with van der Waals surface area (Å²) in [7, 11) is -3.49. The number of nitrogens with zero attached hydrogens (tertiary/aromatic N) is 1. The predicted molar refractivity (Wildman–Crippen MR) is 78.4 cm³/mol. The highest BCUT2D eigenvalue weighted by Gasteiger charge is 2.32. The number of halogens is 2. The number of benzene rings is 1. The molecule has 106 valence electrons. The Hall–Kier alpha value is -0.290. The maximum Gasteiger partial charge on any atom is 0.243 e. The van der Waals surface area contributed by atoms with Crippen LogP contribution in [0.15, 0.2) is 17.0 Å². The summed E-state index contributed by atoms with van der Waals surface area (Å²) >= 11 is 11.9. The minimum atomic E-state index is -3.49. The summed E-state index contributed by atoms with van der Waals surface area (Å²) in [6.07, 6.45) is 2.89. The van der Waals surface area contributed by atoms with Crippen LogP contribution in [-0.4, -0.2) is 25.3 Å². The Morgan fingerprint density at radius 2 is 1.84 bits per heavy atom. The summed E-state index contributed by atoms with van der Waals surface area (Å²) in [4.78, 5) is 0.260. The van der Waals surface area contributed by atoms with Crippen LogP contribution in [0.2, 0.25) is 10.0 Å². The van der Waals surface area contributed by atoms with Crippen molar-refractivity contribution in [3.05, 3.63) is 27.7 Å².